The standard InChI is InChI=1S/C42H44Cl2FN5O4/c43-36-19-29(24-48-31-8-11-41(51)49-25-31)39(53-26-28-18-27(21-46)22-47-23-28)20-40(36)54-37-10-9-33-32(4-1-5-34(33)37)35-6-2-7-38(42(35)44)52-17-3-14-50-15-12-30(45)13-16-50/h1-2,4-7,18-20,22-23,30-31,37,48H,3,8-17,24-26H2,(H,49,51)/t31?,37-/m0/s1. The molecule has 1 aliphatic carbocycles. The summed E-state index contributed by atoms with van der Waals surface area (Å²) >= 11 is 13.9. The van der Waals surface area contributed by atoms with Crippen LogP contribution in [0.25, 0.3) is 11.1 Å². The van der Waals surface area contributed by atoms with Crippen molar-refractivity contribution in [1.82, 2.24) is 20.5 Å². The minimum absolute atomic E-state index is 0.0656. The fourth-order valence-electron chi connectivity index (χ4n) is 7.46. The summed E-state index contributed by atoms with van der Waals surface area (Å²) in [6.07, 6.45) is 7.14. The van der Waals surface area contributed by atoms with Crippen LogP contribution in [0.15, 0.2) is 67.0 Å². The van der Waals surface area contributed by atoms with Gasteiger partial charge < -0.3 is 29.7 Å². The van der Waals surface area contributed by atoms with Gasteiger partial charge in [-0.05, 0) is 73.4 Å². The summed E-state index contributed by atoms with van der Waals surface area (Å²) in [5.41, 5.74) is 6.29. The molecule has 4 aromatic rings. The first-order valence-electron chi connectivity index (χ1n) is 18.7. The summed E-state index contributed by atoms with van der Waals surface area (Å²) in [7, 11) is 0. The Balaban J connectivity index is 1.06. The predicted octanol–water partition coefficient (Wildman–Crippen LogP) is 8.14. The number of fused-ring (bicyclic) bond motifs is 1. The third kappa shape index (κ3) is 9.27. The number of benzene rings is 3. The van der Waals surface area contributed by atoms with E-state index in [1.165, 1.54) is 11.8 Å². The topological polar surface area (TPSA) is 109 Å². The van der Waals surface area contributed by atoms with Crippen molar-refractivity contribution in [2.24, 2.45) is 0 Å². The maximum atomic E-state index is 13.5. The van der Waals surface area contributed by atoms with Crippen molar-refractivity contribution in [1.29, 1.82) is 5.26 Å². The number of ether oxygens (including phenoxy) is 3. The Hall–Kier alpha value is -4.40. The van der Waals surface area contributed by atoms with Crippen molar-refractivity contribution in [3.63, 3.8) is 0 Å². The minimum atomic E-state index is -0.672. The summed E-state index contributed by atoms with van der Waals surface area (Å²) in [6.45, 7) is 4.25. The van der Waals surface area contributed by atoms with Crippen molar-refractivity contribution < 1.29 is 23.4 Å². The Kier molecular flexibility index (Phi) is 12.5. The maximum absolute atomic E-state index is 13.5. The molecule has 0 spiro atoms. The van der Waals surface area contributed by atoms with Gasteiger partial charge in [0.05, 0.1) is 22.2 Å². The number of aromatic nitrogens is 1. The Morgan fingerprint density at radius 2 is 1.80 bits per heavy atom. The number of amides is 1. The molecule has 0 radical (unpaired) electrons. The second-order valence-corrected chi connectivity index (χ2v) is 14.9. The van der Waals surface area contributed by atoms with Gasteiger partial charge in [0.2, 0.25) is 5.91 Å². The fraction of sp³-hybridized carbons (Fsp3) is 0.405. The molecule has 282 valence electrons. The monoisotopic (exact) mass is 771 g/mol. The SMILES string of the molecule is N#Cc1cncc(COc2cc(O[C@H]3CCc4c(-c5cccc(OCCCN6CCC(F)CC6)c5Cl)cccc43)c(Cl)cc2CNC2CCC(=O)NC2)c1. The van der Waals surface area contributed by atoms with Gasteiger partial charge in [0.1, 0.15) is 42.2 Å². The van der Waals surface area contributed by atoms with E-state index < -0.39 is 6.17 Å². The molecule has 1 aromatic heterocycles. The smallest absolute Gasteiger partial charge is 0.220 e. The van der Waals surface area contributed by atoms with Crippen LogP contribution in [0.5, 0.6) is 17.2 Å². The molecule has 1 unspecified atom stereocenters. The van der Waals surface area contributed by atoms with Gasteiger partial charge in [-0.2, -0.15) is 5.26 Å². The zero-order valence-corrected chi connectivity index (χ0v) is 31.6. The lowest BCUT2D eigenvalue weighted by atomic mass is 9.96. The van der Waals surface area contributed by atoms with Crippen LogP contribution >= 0.6 is 23.2 Å². The number of hydrogen-bond acceptors (Lipinski definition) is 8. The maximum Gasteiger partial charge on any atom is 0.220 e. The minimum Gasteiger partial charge on any atom is -0.492 e. The van der Waals surface area contributed by atoms with Crippen LogP contribution in [0.2, 0.25) is 10.0 Å². The highest BCUT2D eigenvalue weighted by atomic mass is 35.5. The van der Waals surface area contributed by atoms with Crippen molar-refractivity contribution in [3.8, 4) is 34.4 Å². The van der Waals surface area contributed by atoms with Gasteiger partial charge in [0.25, 0.3) is 0 Å². The molecule has 12 heteroatoms. The van der Waals surface area contributed by atoms with Crippen LogP contribution in [0, 0.1) is 11.3 Å². The summed E-state index contributed by atoms with van der Waals surface area (Å²) in [6, 6.07) is 19.8. The number of carbonyl (C=O) groups is 1. The van der Waals surface area contributed by atoms with Gasteiger partial charge in [0, 0.05) is 80.3 Å². The molecule has 54 heavy (non-hydrogen) atoms. The number of hydrogen-bond donors (Lipinski definition) is 2. The van der Waals surface area contributed by atoms with Gasteiger partial charge >= 0.3 is 0 Å². The van der Waals surface area contributed by atoms with E-state index in [9.17, 15) is 14.4 Å². The van der Waals surface area contributed by atoms with E-state index in [1.807, 2.05) is 36.4 Å². The zero-order valence-electron chi connectivity index (χ0n) is 30.1. The zero-order chi connectivity index (χ0) is 37.4. The summed E-state index contributed by atoms with van der Waals surface area (Å²) in [5, 5.41) is 16.8. The number of rotatable bonds is 14. The van der Waals surface area contributed by atoms with E-state index >= 15 is 0 Å². The molecule has 0 saturated carbocycles. The molecule has 0 bridgehead atoms. The molecule has 3 heterocycles. The second kappa shape index (κ2) is 17.8. The second-order valence-electron chi connectivity index (χ2n) is 14.1. The summed E-state index contributed by atoms with van der Waals surface area (Å²) < 4.78 is 32.7. The number of carbonyl (C=O) groups excluding carboxylic acids is 1. The number of halogens is 3. The first-order valence-corrected chi connectivity index (χ1v) is 19.5. The highest BCUT2D eigenvalue weighted by molar-refractivity contribution is 6.35. The van der Waals surface area contributed by atoms with Gasteiger partial charge in [-0.25, -0.2) is 4.39 Å². The molecule has 7 rings (SSSR count). The van der Waals surface area contributed by atoms with Crippen molar-refractivity contribution >= 4 is 29.1 Å². The van der Waals surface area contributed by atoms with E-state index in [0.29, 0.717) is 71.8 Å². The van der Waals surface area contributed by atoms with Crippen molar-refractivity contribution in [2.75, 3.05) is 32.8 Å². The predicted molar refractivity (Wildman–Crippen MR) is 207 cm³/mol. The molecule has 2 saturated heterocycles. The van der Waals surface area contributed by atoms with Crippen LogP contribution < -0.4 is 24.8 Å². The fourth-order valence-corrected chi connectivity index (χ4v) is 7.97. The molecule has 1 amide bonds. The average molecular weight is 773 g/mol. The largest absolute Gasteiger partial charge is 0.492 e. The molecule has 2 fully saturated rings. The summed E-state index contributed by atoms with van der Waals surface area (Å²) in [4.78, 5) is 18.1. The average Bonchev–Trinajstić information content (AvgIpc) is 3.60. The van der Waals surface area contributed by atoms with Gasteiger partial charge in [-0.3, -0.25) is 9.78 Å². The van der Waals surface area contributed by atoms with E-state index in [4.69, 9.17) is 37.4 Å². The highest BCUT2D eigenvalue weighted by Crippen LogP contribution is 2.45. The van der Waals surface area contributed by atoms with Gasteiger partial charge in [0.15, 0.2) is 0 Å². The van der Waals surface area contributed by atoms with E-state index in [0.717, 1.165) is 73.1 Å². The van der Waals surface area contributed by atoms with Gasteiger partial charge in [-0.1, -0.05) is 53.5 Å². The molecule has 3 aromatic carbocycles. The Labute approximate surface area is 325 Å². The molecule has 3 aliphatic rings. The van der Waals surface area contributed by atoms with E-state index in [1.54, 1.807) is 12.3 Å². The lowest BCUT2D eigenvalue weighted by molar-refractivity contribution is -0.122. The van der Waals surface area contributed by atoms with Crippen molar-refractivity contribution in [2.45, 2.75) is 76.4 Å². The Morgan fingerprint density at radius 1 is 0.963 bits per heavy atom. The molecule has 2 atom stereocenters. The lowest BCUT2D eigenvalue weighted by Crippen LogP contribution is -2.45. The molecule has 2 N–H and O–H groups in total. The van der Waals surface area contributed by atoms with Crippen LogP contribution in [0.3, 0.4) is 0 Å². The number of pyridine rings is 1. The number of nitrogens with zero attached hydrogens (tertiary/aromatic N) is 3. The Morgan fingerprint density at radius 3 is 2.61 bits per heavy atom. The first-order chi connectivity index (χ1) is 26.3. The molecule has 9 nitrogen and oxygen atoms in total. The number of piperidine rings is 2. The lowest BCUT2D eigenvalue weighted by Gasteiger charge is -2.28. The van der Waals surface area contributed by atoms with Crippen LogP contribution in [0.1, 0.15) is 72.4 Å². The van der Waals surface area contributed by atoms with Gasteiger partial charge in [-0.15, -0.1) is 0 Å². The molecular formula is C42H44Cl2FN5O4. The number of likely N-dealkylation sites (tertiary alicyclic amines) is 1. The van der Waals surface area contributed by atoms with Crippen LogP contribution in [0.4, 0.5) is 4.39 Å². The number of alkyl halides is 1. The molecular weight excluding hydrogens is 728 g/mol. The third-order valence-electron chi connectivity index (χ3n) is 10.4. The van der Waals surface area contributed by atoms with Crippen LogP contribution in [-0.2, 0) is 24.4 Å². The number of nitrogens with one attached hydrogen (secondary N) is 2. The Bertz CT molecular complexity index is 1990. The van der Waals surface area contributed by atoms with E-state index in [2.05, 4.69) is 38.7 Å². The van der Waals surface area contributed by atoms with E-state index in [-0.39, 0.29) is 24.7 Å². The third-order valence-corrected chi connectivity index (χ3v) is 11.1. The summed E-state index contributed by atoms with van der Waals surface area (Å²) in [5.74, 6) is 1.83. The van der Waals surface area contributed by atoms with Crippen molar-refractivity contribution in [3.05, 3.63) is 105 Å². The quantitative estimate of drug-likeness (QED) is 0.124. The highest BCUT2D eigenvalue weighted by Gasteiger charge is 2.29. The molecule has 2 aliphatic heterocycles. The van der Waals surface area contributed by atoms with Crippen LogP contribution in [-0.4, -0.2) is 60.8 Å². The number of nitriles is 1. The normalized spacial score (nSPS) is 18.8. The first kappa shape index (κ1) is 37.9.